The molecule has 0 aromatic carbocycles. The average molecular weight is 232 g/mol. The van der Waals surface area contributed by atoms with Gasteiger partial charge in [0.15, 0.2) is 0 Å². The molecule has 0 aliphatic heterocycles. The van der Waals surface area contributed by atoms with Crippen LogP contribution in [0.15, 0.2) is 0 Å². The predicted octanol–water partition coefficient (Wildman–Crippen LogP) is 1.81. The van der Waals surface area contributed by atoms with Crippen molar-refractivity contribution < 1.29 is 9.13 Å². The molecular formula is C10H17FN2OS. The van der Waals surface area contributed by atoms with Crippen LogP contribution in [0.3, 0.4) is 0 Å². The van der Waals surface area contributed by atoms with Gasteiger partial charge in [-0.2, -0.15) is 0 Å². The van der Waals surface area contributed by atoms with Crippen LogP contribution in [0.2, 0.25) is 0 Å². The van der Waals surface area contributed by atoms with Crippen molar-refractivity contribution in [1.29, 1.82) is 0 Å². The molecule has 0 amide bonds. The molecule has 0 heterocycles. The van der Waals surface area contributed by atoms with E-state index in [1.54, 1.807) is 0 Å². The Balaban J connectivity index is 1.89. The number of rotatable bonds is 2. The van der Waals surface area contributed by atoms with Crippen molar-refractivity contribution in [2.24, 2.45) is 11.3 Å². The van der Waals surface area contributed by atoms with Crippen LogP contribution in [0.5, 0.6) is 0 Å². The number of alkyl halides is 1. The molecule has 0 radical (unpaired) electrons. The monoisotopic (exact) mass is 232 g/mol. The van der Waals surface area contributed by atoms with Gasteiger partial charge in [0.2, 0.25) is 0 Å². The van der Waals surface area contributed by atoms with Crippen molar-refractivity contribution in [1.82, 2.24) is 5.43 Å². The fourth-order valence-electron chi connectivity index (χ4n) is 2.69. The molecule has 5 heteroatoms. The van der Waals surface area contributed by atoms with Gasteiger partial charge in [0.05, 0.1) is 6.61 Å². The van der Waals surface area contributed by atoms with Crippen LogP contribution in [-0.4, -0.2) is 17.5 Å². The lowest BCUT2D eigenvalue weighted by Gasteiger charge is -2.49. The van der Waals surface area contributed by atoms with E-state index in [0.29, 0.717) is 25.9 Å². The number of fused-ring (bicyclic) bond motifs is 3. The van der Waals surface area contributed by atoms with E-state index in [0.717, 1.165) is 19.3 Å². The Labute approximate surface area is 94.5 Å². The van der Waals surface area contributed by atoms with Gasteiger partial charge < -0.3 is 4.74 Å². The zero-order valence-corrected chi connectivity index (χ0v) is 9.54. The quantitative estimate of drug-likeness (QED) is 0.433. The summed E-state index contributed by atoms with van der Waals surface area (Å²) in [6.45, 7) is 0.576. The maximum atomic E-state index is 13.9. The normalized spacial score (nSPS) is 38.8. The fourth-order valence-corrected chi connectivity index (χ4v) is 2.75. The minimum absolute atomic E-state index is 0.148. The molecule has 3 fully saturated rings. The molecule has 86 valence electrons. The molecule has 0 spiro atoms. The summed E-state index contributed by atoms with van der Waals surface area (Å²) < 4.78 is 19.2. The molecule has 0 atom stereocenters. The molecule has 2 bridgehead atoms. The van der Waals surface area contributed by atoms with Crippen LogP contribution in [0.25, 0.3) is 0 Å². The van der Waals surface area contributed by atoms with Crippen LogP contribution < -0.4 is 11.3 Å². The highest BCUT2D eigenvalue weighted by molar-refractivity contribution is 7.80. The molecule has 15 heavy (non-hydrogen) atoms. The predicted molar refractivity (Wildman–Crippen MR) is 59.8 cm³/mol. The number of halogens is 1. The second kappa shape index (κ2) is 3.87. The van der Waals surface area contributed by atoms with Crippen LogP contribution in [0, 0.1) is 5.41 Å². The maximum Gasteiger partial charge on any atom is 0.271 e. The molecule has 3 aliphatic rings. The Morgan fingerprint density at radius 2 is 1.80 bits per heavy atom. The summed E-state index contributed by atoms with van der Waals surface area (Å²) in [5, 5.41) is 0.229. The summed E-state index contributed by atoms with van der Waals surface area (Å²) >= 11 is 4.82. The lowest BCUT2D eigenvalue weighted by atomic mass is 9.60. The number of hydrogen-bond donors (Lipinski definition) is 2. The fraction of sp³-hybridized carbons (Fsp3) is 0.900. The van der Waals surface area contributed by atoms with Crippen molar-refractivity contribution in [3.8, 4) is 0 Å². The third-order valence-electron chi connectivity index (χ3n) is 3.94. The van der Waals surface area contributed by atoms with Gasteiger partial charge in [-0.05, 0) is 50.7 Å². The van der Waals surface area contributed by atoms with Gasteiger partial charge in [0.1, 0.15) is 5.67 Å². The highest BCUT2D eigenvalue weighted by Gasteiger charge is 2.49. The highest BCUT2D eigenvalue weighted by Crippen LogP contribution is 2.54. The van der Waals surface area contributed by atoms with E-state index in [-0.39, 0.29) is 10.6 Å². The zero-order valence-electron chi connectivity index (χ0n) is 8.72. The second-order valence-corrected chi connectivity index (χ2v) is 5.24. The SMILES string of the molecule is NNC(=S)OCC12CCC(F)(CC1)CC2. The van der Waals surface area contributed by atoms with Crippen molar-refractivity contribution in [2.75, 3.05) is 6.61 Å². The van der Waals surface area contributed by atoms with E-state index in [4.69, 9.17) is 22.8 Å². The zero-order chi connectivity index (χ0) is 10.9. The van der Waals surface area contributed by atoms with E-state index >= 15 is 0 Å². The Morgan fingerprint density at radius 1 is 1.27 bits per heavy atom. The second-order valence-electron chi connectivity index (χ2n) is 4.87. The van der Waals surface area contributed by atoms with Gasteiger partial charge >= 0.3 is 0 Å². The maximum absolute atomic E-state index is 13.9. The summed E-state index contributed by atoms with van der Waals surface area (Å²) in [5.74, 6) is 5.13. The molecular weight excluding hydrogens is 215 g/mol. The molecule has 3 nitrogen and oxygen atoms in total. The molecule has 0 aromatic rings. The molecule has 0 aromatic heterocycles. The van der Waals surface area contributed by atoms with Crippen LogP contribution >= 0.6 is 12.2 Å². The molecule has 3 N–H and O–H groups in total. The lowest BCUT2D eigenvalue weighted by molar-refractivity contribution is -0.0569. The molecule has 3 rings (SSSR count). The van der Waals surface area contributed by atoms with E-state index in [1.807, 2.05) is 0 Å². The molecule has 0 unspecified atom stereocenters. The number of nitrogens with two attached hydrogens (primary N) is 1. The Hall–Kier alpha value is -0.420. The van der Waals surface area contributed by atoms with Crippen molar-refractivity contribution in [2.45, 2.75) is 44.2 Å². The van der Waals surface area contributed by atoms with E-state index in [2.05, 4.69) is 5.43 Å². The van der Waals surface area contributed by atoms with Crippen molar-refractivity contribution in [3.05, 3.63) is 0 Å². The first kappa shape index (κ1) is 11.1. The minimum Gasteiger partial charge on any atom is -0.470 e. The summed E-state index contributed by atoms with van der Waals surface area (Å²) in [4.78, 5) is 0. The number of thiocarbonyl (C=S) groups is 1. The first-order valence-electron chi connectivity index (χ1n) is 5.40. The Morgan fingerprint density at radius 3 is 2.27 bits per heavy atom. The first-order chi connectivity index (χ1) is 7.08. The third kappa shape index (κ3) is 2.23. The van der Waals surface area contributed by atoms with Crippen molar-refractivity contribution >= 4 is 17.4 Å². The van der Waals surface area contributed by atoms with Gasteiger partial charge in [-0.3, -0.25) is 5.43 Å². The first-order valence-corrected chi connectivity index (χ1v) is 5.81. The number of nitrogens with one attached hydrogen (secondary N) is 1. The molecule has 0 saturated heterocycles. The summed E-state index contributed by atoms with van der Waals surface area (Å²) in [7, 11) is 0. The van der Waals surface area contributed by atoms with Crippen LogP contribution in [0.4, 0.5) is 4.39 Å². The van der Waals surface area contributed by atoms with Gasteiger partial charge in [0, 0.05) is 5.41 Å². The van der Waals surface area contributed by atoms with Crippen molar-refractivity contribution in [3.63, 3.8) is 0 Å². The minimum atomic E-state index is -0.881. The smallest absolute Gasteiger partial charge is 0.271 e. The lowest BCUT2D eigenvalue weighted by Crippen LogP contribution is -2.46. The van der Waals surface area contributed by atoms with Gasteiger partial charge in [-0.15, -0.1) is 0 Å². The Bertz CT molecular complexity index is 248. The standard InChI is InChI=1S/C10H17FN2OS/c11-10-4-1-9(2-5-10,3-6-10)7-14-8(15)13-12/h1-7,12H2,(H,13,15). The van der Waals surface area contributed by atoms with Gasteiger partial charge in [-0.1, -0.05) is 0 Å². The third-order valence-corrected chi connectivity index (χ3v) is 4.17. The van der Waals surface area contributed by atoms with Gasteiger partial charge in [0.25, 0.3) is 5.17 Å². The van der Waals surface area contributed by atoms with E-state index < -0.39 is 5.67 Å². The Kier molecular flexibility index (Phi) is 2.85. The number of hydrogen-bond acceptors (Lipinski definition) is 3. The topological polar surface area (TPSA) is 47.3 Å². The highest BCUT2D eigenvalue weighted by atomic mass is 32.1. The summed E-state index contributed by atoms with van der Waals surface area (Å²) in [5.41, 5.74) is 1.57. The number of ether oxygens (including phenoxy) is 1. The largest absolute Gasteiger partial charge is 0.470 e. The van der Waals surface area contributed by atoms with Crippen LogP contribution in [-0.2, 0) is 4.74 Å². The summed E-state index contributed by atoms with van der Waals surface area (Å²) in [6.07, 6.45) is 4.78. The van der Waals surface area contributed by atoms with Crippen LogP contribution in [0.1, 0.15) is 38.5 Å². The number of hydrazine groups is 1. The molecule has 3 aliphatic carbocycles. The van der Waals surface area contributed by atoms with Gasteiger partial charge in [-0.25, -0.2) is 10.2 Å². The summed E-state index contributed by atoms with van der Waals surface area (Å²) in [6, 6.07) is 0. The average Bonchev–Trinajstić information content (AvgIpc) is 2.28. The van der Waals surface area contributed by atoms with E-state index in [9.17, 15) is 4.39 Å². The molecule has 3 saturated carbocycles. The van der Waals surface area contributed by atoms with E-state index in [1.165, 1.54) is 0 Å².